The van der Waals surface area contributed by atoms with E-state index < -0.39 is 0 Å². The minimum atomic E-state index is -0.185. The Balaban J connectivity index is 2.54. The summed E-state index contributed by atoms with van der Waals surface area (Å²) in [7, 11) is 0. The molecule has 0 spiro atoms. The quantitative estimate of drug-likeness (QED) is 0.864. The van der Waals surface area contributed by atoms with Gasteiger partial charge in [0, 0.05) is 6.92 Å². The van der Waals surface area contributed by atoms with Gasteiger partial charge >= 0.3 is 0 Å². The van der Waals surface area contributed by atoms with Gasteiger partial charge < -0.3 is 4.74 Å². The highest BCUT2D eigenvalue weighted by Gasteiger charge is 2.20. The molecule has 0 aliphatic rings. The van der Waals surface area contributed by atoms with Crippen LogP contribution in [-0.4, -0.2) is 15.7 Å². The molecule has 0 unspecified atom stereocenters. The topological polar surface area (TPSA) is 91.7 Å². The molecular weight excluding hydrogens is 292 g/mol. The normalized spacial score (nSPS) is 9.96. The molecule has 0 saturated heterocycles. The van der Waals surface area contributed by atoms with E-state index in [4.69, 9.17) is 15.3 Å². The minimum Gasteiger partial charge on any atom is -0.453 e. The number of ether oxygens (including phenoxy) is 1. The smallest absolute Gasteiger partial charge is 0.244 e. The molecule has 2 rings (SSSR count). The number of benzene rings is 1. The molecule has 6 heteroatoms. The number of hydrogen-bond acceptors (Lipinski definition) is 5. The summed E-state index contributed by atoms with van der Waals surface area (Å²) in [6, 6.07) is 8.62. The van der Waals surface area contributed by atoms with Crippen LogP contribution in [-0.2, 0) is 12.8 Å². The summed E-state index contributed by atoms with van der Waals surface area (Å²) in [4.78, 5) is 11.7. The number of carbonyl (C=O) groups excluding carboxylic acids is 1. The van der Waals surface area contributed by atoms with Crippen LogP contribution in [0.15, 0.2) is 18.2 Å². The Kier molecular flexibility index (Phi) is 4.78. The number of aryl methyl sites for hydroxylation is 1. The third kappa shape index (κ3) is 3.22. The van der Waals surface area contributed by atoms with Crippen molar-refractivity contribution >= 4 is 5.91 Å². The van der Waals surface area contributed by atoms with E-state index >= 15 is 0 Å². The molecule has 1 aromatic carbocycles. The molecule has 6 nitrogen and oxygen atoms in total. The van der Waals surface area contributed by atoms with E-state index in [-0.39, 0.29) is 5.91 Å². The van der Waals surface area contributed by atoms with Gasteiger partial charge in [0.25, 0.3) is 0 Å². The van der Waals surface area contributed by atoms with E-state index in [2.05, 4.69) is 5.10 Å². The van der Waals surface area contributed by atoms with E-state index in [1.54, 1.807) is 12.1 Å². The van der Waals surface area contributed by atoms with E-state index in [9.17, 15) is 4.79 Å². The van der Waals surface area contributed by atoms with Gasteiger partial charge in [0.15, 0.2) is 5.75 Å². The maximum atomic E-state index is 11.7. The molecule has 0 radical (unpaired) electrons. The third-order valence-electron chi connectivity index (χ3n) is 3.35. The lowest BCUT2D eigenvalue weighted by atomic mass is 10.1. The molecule has 0 aliphatic heterocycles. The molecule has 23 heavy (non-hydrogen) atoms. The van der Waals surface area contributed by atoms with E-state index in [1.165, 1.54) is 17.7 Å². The lowest BCUT2D eigenvalue weighted by Gasteiger charge is -2.09. The van der Waals surface area contributed by atoms with Gasteiger partial charge in [-0.15, -0.1) is 0 Å². The molecule has 2 aromatic rings. The molecule has 1 heterocycles. The fraction of sp³-hybridized carbons (Fsp3) is 0.294. The van der Waals surface area contributed by atoms with Crippen molar-refractivity contribution in [3.05, 3.63) is 40.7 Å². The molecule has 0 saturated carbocycles. The number of aromatic nitrogens is 2. The second-order valence-corrected chi connectivity index (χ2v) is 4.93. The molecule has 0 aliphatic carbocycles. The molecule has 0 bridgehead atoms. The van der Waals surface area contributed by atoms with Crippen molar-refractivity contribution in [1.29, 1.82) is 10.5 Å². The average molecular weight is 308 g/mol. The summed E-state index contributed by atoms with van der Waals surface area (Å²) < 4.78 is 7.24. The first-order valence-electron chi connectivity index (χ1n) is 7.28. The van der Waals surface area contributed by atoms with E-state index in [0.717, 1.165) is 0 Å². The largest absolute Gasteiger partial charge is 0.453 e. The van der Waals surface area contributed by atoms with Crippen molar-refractivity contribution in [2.75, 3.05) is 0 Å². The van der Waals surface area contributed by atoms with Gasteiger partial charge in [0.1, 0.15) is 11.4 Å². The van der Waals surface area contributed by atoms with E-state index in [1.807, 2.05) is 26.0 Å². The molecule has 0 atom stereocenters. The fourth-order valence-corrected chi connectivity index (χ4v) is 2.31. The molecule has 0 amide bonds. The predicted molar refractivity (Wildman–Crippen MR) is 83.2 cm³/mol. The second kappa shape index (κ2) is 6.76. The molecular formula is C17H16N4O2. The molecule has 0 N–H and O–H groups in total. The maximum absolute atomic E-state index is 11.7. The Morgan fingerprint density at radius 3 is 2.22 bits per heavy atom. The SMILES string of the molecule is CCc1nn(C(C)=O)c(CC)c1Oc1cc(C#N)cc(C#N)c1. The summed E-state index contributed by atoms with van der Waals surface area (Å²) >= 11 is 0. The Bertz CT molecular complexity index is 805. The first-order chi connectivity index (χ1) is 11.0. The highest BCUT2D eigenvalue weighted by atomic mass is 16.5. The molecule has 0 fully saturated rings. The van der Waals surface area contributed by atoms with Gasteiger partial charge in [-0.2, -0.15) is 15.6 Å². The maximum Gasteiger partial charge on any atom is 0.244 e. The molecule has 1 aromatic heterocycles. The summed E-state index contributed by atoms with van der Waals surface area (Å²) in [5.74, 6) is 0.715. The highest BCUT2D eigenvalue weighted by molar-refractivity contribution is 5.77. The minimum absolute atomic E-state index is 0.185. The van der Waals surface area contributed by atoms with Crippen molar-refractivity contribution in [3.8, 4) is 23.6 Å². The van der Waals surface area contributed by atoms with Crippen LogP contribution in [0.2, 0.25) is 0 Å². The lowest BCUT2D eigenvalue weighted by Crippen LogP contribution is -2.11. The number of carbonyl (C=O) groups is 1. The monoisotopic (exact) mass is 308 g/mol. The number of rotatable bonds is 4. The van der Waals surface area contributed by atoms with E-state index in [0.29, 0.717) is 46.9 Å². The zero-order valence-corrected chi connectivity index (χ0v) is 13.3. The predicted octanol–water partition coefficient (Wildman–Crippen LogP) is 3.20. The van der Waals surface area contributed by atoms with Crippen LogP contribution in [0.1, 0.15) is 48.1 Å². The van der Waals surface area contributed by atoms with Gasteiger partial charge in [-0.3, -0.25) is 4.79 Å². The third-order valence-corrected chi connectivity index (χ3v) is 3.35. The van der Waals surface area contributed by atoms with Crippen molar-refractivity contribution < 1.29 is 9.53 Å². The van der Waals surface area contributed by atoms with Crippen LogP contribution in [0.4, 0.5) is 0 Å². The van der Waals surface area contributed by atoms with Gasteiger partial charge in [-0.05, 0) is 31.0 Å². The zero-order valence-electron chi connectivity index (χ0n) is 13.3. The lowest BCUT2D eigenvalue weighted by molar-refractivity contribution is 0.0917. The summed E-state index contributed by atoms with van der Waals surface area (Å²) in [5.41, 5.74) is 2.02. The Morgan fingerprint density at radius 1 is 1.17 bits per heavy atom. The highest BCUT2D eigenvalue weighted by Crippen LogP contribution is 2.31. The average Bonchev–Trinajstić information content (AvgIpc) is 2.92. The summed E-state index contributed by atoms with van der Waals surface area (Å²) in [6.07, 6.45) is 1.18. The van der Waals surface area contributed by atoms with Gasteiger partial charge in [0.05, 0.1) is 29.0 Å². The van der Waals surface area contributed by atoms with Crippen LogP contribution >= 0.6 is 0 Å². The van der Waals surface area contributed by atoms with Gasteiger partial charge in [-0.1, -0.05) is 13.8 Å². The van der Waals surface area contributed by atoms with Crippen molar-refractivity contribution in [1.82, 2.24) is 9.78 Å². The summed E-state index contributed by atoms with van der Waals surface area (Å²) in [6.45, 7) is 5.28. The zero-order chi connectivity index (χ0) is 17.0. The Morgan fingerprint density at radius 2 is 1.78 bits per heavy atom. The van der Waals surface area contributed by atoms with Gasteiger partial charge in [-0.25, -0.2) is 4.68 Å². The first-order valence-corrected chi connectivity index (χ1v) is 7.28. The Hall–Kier alpha value is -3.12. The van der Waals surface area contributed by atoms with Crippen LogP contribution in [0.3, 0.4) is 0 Å². The van der Waals surface area contributed by atoms with Crippen molar-refractivity contribution in [2.45, 2.75) is 33.6 Å². The van der Waals surface area contributed by atoms with Crippen LogP contribution in [0.25, 0.3) is 0 Å². The first kappa shape index (κ1) is 16.3. The van der Waals surface area contributed by atoms with Crippen LogP contribution in [0, 0.1) is 22.7 Å². The molecule has 116 valence electrons. The number of hydrogen-bond donors (Lipinski definition) is 0. The number of nitrogens with zero attached hydrogens (tertiary/aromatic N) is 4. The van der Waals surface area contributed by atoms with Crippen LogP contribution in [0.5, 0.6) is 11.5 Å². The fourth-order valence-electron chi connectivity index (χ4n) is 2.31. The summed E-state index contributed by atoms with van der Waals surface area (Å²) in [5, 5.41) is 22.4. The van der Waals surface area contributed by atoms with Gasteiger partial charge in [0.2, 0.25) is 5.91 Å². The number of nitriles is 2. The van der Waals surface area contributed by atoms with Crippen molar-refractivity contribution in [3.63, 3.8) is 0 Å². The Labute approximate surface area is 134 Å². The van der Waals surface area contributed by atoms with Crippen molar-refractivity contribution in [2.24, 2.45) is 0 Å². The van der Waals surface area contributed by atoms with Crippen LogP contribution < -0.4 is 4.74 Å². The second-order valence-electron chi connectivity index (χ2n) is 4.93. The standard InChI is InChI=1S/C17H16N4O2/c1-4-15-17(16(5-2)21(20-15)11(3)22)23-14-7-12(9-18)6-13(8-14)10-19/h6-8H,4-5H2,1-3H3.